The number of phenols is 1. The first kappa shape index (κ1) is 11.5. The van der Waals surface area contributed by atoms with Crippen LogP contribution in [0.1, 0.15) is 25.2 Å². The summed E-state index contributed by atoms with van der Waals surface area (Å²) in [5, 5.41) is 9.79. The number of aromatic nitrogens is 2. The van der Waals surface area contributed by atoms with Gasteiger partial charge >= 0.3 is 0 Å². The van der Waals surface area contributed by atoms with Gasteiger partial charge in [-0.1, -0.05) is 25.1 Å². The fraction of sp³-hybridized carbons (Fsp3) is 0.214. The Morgan fingerprint density at radius 1 is 1.35 bits per heavy atom. The molecule has 0 amide bonds. The van der Waals surface area contributed by atoms with Gasteiger partial charge in [-0.05, 0) is 31.6 Å². The highest BCUT2D eigenvalue weighted by molar-refractivity contribution is 5.66. The third-order valence-corrected chi connectivity index (χ3v) is 2.65. The van der Waals surface area contributed by atoms with E-state index in [1.807, 2.05) is 31.2 Å². The Balaban J connectivity index is 2.50. The molecule has 0 aliphatic heterocycles. The van der Waals surface area contributed by atoms with Crippen LogP contribution in [0, 0.1) is 0 Å². The van der Waals surface area contributed by atoms with E-state index in [2.05, 4.69) is 16.9 Å². The molecular weight excluding hydrogens is 212 g/mol. The van der Waals surface area contributed by atoms with Gasteiger partial charge < -0.3 is 10.1 Å². The maximum absolute atomic E-state index is 9.79. The normalized spacial score (nSPS) is 11.2. The zero-order chi connectivity index (χ0) is 12.3. The molecule has 0 bridgehead atoms. The minimum Gasteiger partial charge on any atom is -0.507 e. The quantitative estimate of drug-likeness (QED) is 0.846. The number of H-pyrrole nitrogens is 1. The van der Waals surface area contributed by atoms with Gasteiger partial charge in [-0.25, -0.2) is 4.98 Å². The lowest BCUT2D eigenvalue weighted by atomic mass is 10.2. The van der Waals surface area contributed by atoms with Crippen LogP contribution in [-0.2, 0) is 6.42 Å². The smallest absolute Gasteiger partial charge is 0.141 e. The van der Waals surface area contributed by atoms with Crippen LogP contribution >= 0.6 is 0 Å². The van der Waals surface area contributed by atoms with E-state index in [1.165, 1.54) is 0 Å². The number of phenolic OH excluding ortho intramolecular Hbond substituents is 1. The Bertz CT molecular complexity index is 541. The number of hydrogen-bond donors (Lipinski definition) is 2. The van der Waals surface area contributed by atoms with Crippen molar-refractivity contribution in [2.24, 2.45) is 0 Å². The minimum absolute atomic E-state index is 0.246. The van der Waals surface area contributed by atoms with Crippen molar-refractivity contribution < 1.29 is 5.11 Å². The molecule has 17 heavy (non-hydrogen) atoms. The van der Waals surface area contributed by atoms with E-state index in [9.17, 15) is 5.11 Å². The third kappa shape index (κ3) is 2.23. The Kier molecular flexibility index (Phi) is 3.28. The molecule has 0 saturated heterocycles. The Morgan fingerprint density at radius 2 is 2.12 bits per heavy atom. The molecule has 0 aliphatic rings. The van der Waals surface area contributed by atoms with E-state index in [1.54, 1.807) is 12.1 Å². The largest absolute Gasteiger partial charge is 0.507 e. The van der Waals surface area contributed by atoms with E-state index in [-0.39, 0.29) is 5.75 Å². The van der Waals surface area contributed by atoms with Gasteiger partial charge in [0.05, 0.1) is 11.3 Å². The molecule has 2 N–H and O–H groups in total. The van der Waals surface area contributed by atoms with Crippen LogP contribution in [0.25, 0.3) is 17.5 Å². The molecule has 2 rings (SSSR count). The van der Waals surface area contributed by atoms with E-state index >= 15 is 0 Å². The minimum atomic E-state index is 0.246. The van der Waals surface area contributed by atoms with Crippen LogP contribution in [0.3, 0.4) is 0 Å². The summed E-state index contributed by atoms with van der Waals surface area (Å²) in [4.78, 5) is 7.75. The second-order valence-corrected chi connectivity index (χ2v) is 3.82. The summed E-state index contributed by atoms with van der Waals surface area (Å²) in [5.41, 5.74) is 2.76. The average Bonchev–Trinajstić information content (AvgIpc) is 2.73. The van der Waals surface area contributed by atoms with Gasteiger partial charge in [0.1, 0.15) is 11.6 Å². The van der Waals surface area contributed by atoms with E-state index in [4.69, 9.17) is 0 Å². The zero-order valence-corrected chi connectivity index (χ0v) is 10.1. The third-order valence-electron chi connectivity index (χ3n) is 2.65. The van der Waals surface area contributed by atoms with Gasteiger partial charge in [0.25, 0.3) is 0 Å². The standard InChI is InChI=1S/C14H16N2O/c1-3-7-12-11(4-2)15-14(16-12)10-8-5-6-9-13(10)17/h3,5-9,17H,4H2,1-2H3,(H,15,16)/b7-3-. The summed E-state index contributed by atoms with van der Waals surface area (Å²) in [6.45, 7) is 4.04. The monoisotopic (exact) mass is 228 g/mol. The number of benzene rings is 1. The first-order valence-corrected chi connectivity index (χ1v) is 5.76. The molecule has 2 aromatic rings. The van der Waals surface area contributed by atoms with Gasteiger partial charge in [0.2, 0.25) is 0 Å². The van der Waals surface area contributed by atoms with Crippen molar-refractivity contribution in [2.75, 3.05) is 0 Å². The molecule has 0 fully saturated rings. The molecule has 0 unspecified atom stereocenters. The van der Waals surface area contributed by atoms with E-state index in [0.29, 0.717) is 5.82 Å². The van der Waals surface area contributed by atoms with Gasteiger partial charge in [0, 0.05) is 5.69 Å². The predicted molar refractivity (Wildman–Crippen MR) is 69.8 cm³/mol. The average molecular weight is 228 g/mol. The first-order valence-electron chi connectivity index (χ1n) is 5.76. The number of rotatable bonds is 3. The molecule has 1 aromatic heterocycles. The van der Waals surface area contributed by atoms with Crippen molar-refractivity contribution in [1.82, 2.24) is 9.97 Å². The fourth-order valence-electron chi connectivity index (χ4n) is 1.79. The maximum atomic E-state index is 9.79. The van der Waals surface area contributed by atoms with Crippen LogP contribution in [0.5, 0.6) is 5.75 Å². The van der Waals surface area contributed by atoms with Gasteiger partial charge in [0.15, 0.2) is 0 Å². The molecule has 3 nitrogen and oxygen atoms in total. The molecule has 3 heteroatoms. The molecule has 0 aliphatic carbocycles. The van der Waals surface area contributed by atoms with Crippen molar-refractivity contribution in [3.63, 3.8) is 0 Å². The number of aryl methyl sites for hydroxylation is 1. The van der Waals surface area contributed by atoms with Gasteiger partial charge in [-0.2, -0.15) is 0 Å². The van der Waals surface area contributed by atoms with Crippen LogP contribution in [0.4, 0.5) is 0 Å². The SMILES string of the molecule is C/C=C\c1nc(-c2ccccc2O)[nH]c1CC. The second kappa shape index (κ2) is 4.87. The highest BCUT2D eigenvalue weighted by Gasteiger charge is 2.10. The van der Waals surface area contributed by atoms with Crippen LogP contribution < -0.4 is 0 Å². The Hall–Kier alpha value is -2.03. The molecule has 1 heterocycles. The number of aromatic hydroxyl groups is 1. The summed E-state index contributed by atoms with van der Waals surface area (Å²) in [6.07, 6.45) is 4.82. The Labute approximate surface area is 101 Å². The Morgan fingerprint density at radius 3 is 2.76 bits per heavy atom. The van der Waals surface area contributed by atoms with Crippen molar-refractivity contribution in [1.29, 1.82) is 0 Å². The lowest BCUT2D eigenvalue weighted by Gasteiger charge is -1.99. The molecule has 0 atom stereocenters. The van der Waals surface area contributed by atoms with E-state index in [0.717, 1.165) is 23.4 Å². The number of allylic oxidation sites excluding steroid dienone is 1. The van der Waals surface area contributed by atoms with Crippen molar-refractivity contribution in [3.8, 4) is 17.1 Å². The van der Waals surface area contributed by atoms with Gasteiger partial charge in [-0.3, -0.25) is 0 Å². The molecule has 0 saturated carbocycles. The number of hydrogen-bond acceptors (Lipinski definition) is 2. The second-order valence-electron chi connectivity index (χ2n) is 3.82. The summed E-state index contributed by atoms with van der Waals surface area (Å²) in [7, 11) is 0. The summed E-state index contributed by atoms with van der Waals surface area (Å²) in [5.74, 6) is 0.962. The fourth-order valence-corrected chi connectivity index (χ4v) is 1.79. The van der Waals surface area contributed by atoms with Crippen LogP contribution in [-0.4, -0.2) is 15.1 Å². The van der Waals surface area contributed by atoms with Crippen LogP contribution in [0.2, 0.25) is 0 Å². The number of para-hydroxylation sites is 1. The van der Waals surface area contributed by atoms with Crippen molar-refractivity contribution >= 4 is 6.08 Å². The highest BCUT2D eigenvalue weighted by atomic mass is 16.3. The summed E-state index contributed by atoms with van der Waals surface area (Å²) >= 11 is 0. The number of aromatic amines is 1. The van der Waals surface area contributed by atoms with E-state index < -0.39 is 0 Å². The lowest BCUT2D eigenvalue weighted by molar-refractivity contribution is 0.477. The highest BCUT2D eigenvalue weighted by Crippen LogP contribution is 2.27. The molecule has 1 aromatic carbocycles. The molecular formula is C14H16N2O. The topological polar surface area (TPSA) is 48.9 Å². The zero-order valence-electron chi connectivity index (χ0n) is 10.1. The predicted octanol–water partition coefficient (Wildman–Crippen LogP) is 3.38. The summed E-state index contributed by atoms with van der Waals surface area (Å²) < 4.78 is 0. The van der Waals surface area contributed by atoms with Crippen molar-refractivity contribution in [2.45, 2.75) is 20.3 Å². The number of nitrogens with one attached hydrogen (secondary N) is 1. The summed E-state index contributed by atoms with van der Waals surface area (Å²) in [6, 6.07) is 7.21. The van der Waals surface area contributed by atoms with Crippen LogP contribution in [0.15, 0.2) is 30.3 Å². The first-order chi connectivity index (χ1) is 8.26. The lowest BCUT2D eigenvalue weighted by Crippen LogP contribution is -1.83. The molecule has 0 radical (unpaired) electrons. The van der Waals surface area contributed by atoms with Crippen molar-refractivity contribution in [3.05, 3.63) is 41.7 Å². The molecule has 88 valence electrons. The molecule has 0 spiro atoms. The maximum Gasteiger partial charge on any atom is 0.141 e. The van der Waals surface area contributed by atoms with Gasteiger partial charge in [-0.15, -0.1) is 0 Å². The number of imidazole rings is 1. The number of nitrogens with zero attached hydrogens (tertiary/aromatic N) is 1.